The number of amides is 1. The second-order valence-electron chi connectivity index (χ2n) is 6.71. The standard InChI is InChI=1S/C23H22N4O/c1-18-9-11-20(12-10-18)27-23(26-15-5-6-16-26)21(17-25-27)22(28)24-14-13-19-7-3-2-4-8-19/h2-12,15-17H,13-14H2,1H3,(H,24,28). The molecule has 0 aliphatic carbocycles. The number of benzene rings is 2. The van der Waals surface area contributed by atoms with Gasteiger partial charge in [-0.2, -0.15) is 5.10 Å². The second kappa shape index (κ2) is 7.96. The minimum atomic E-state index is -0.127. The molecule has 2 heterocycles. The van der Waals surface area contributed by atoms with E-state index in [0.717, 1.165) is 17.9 Å². The molecule has 0 aliphatic rings. The molecule has 140 valence electrons. The number of hydrogen-bond acceptors (Lipinski definition) is 2. The predicted octanol–water partition coefficient (Wildman–Crippen LogP) is 3.94. The van der Waals surface area contributed by atoms with Gasteiger partial charge >= 0.3 is 0 Å². The third kappa shape index (κ3) is 3.74. The molecule has 0 spiro atoms. The van der Waals surface area contributed by atoms with Gasteiger partial charge in [0.1, 0.15) is 5.56 Å². The Morgan fingerprint density at radius 2 is 1.68 bits per heavy atom. The van der Waals surface area contributed by atoms with Crippen LogP contribution in [-0.4, -0.2) is 26.8 Å². The van der Waals surface area contributed by atoms with E-state index in [1.54, 1.807) is 10.9 Å². The van der Waals surface area contributed by atoms with Crippen molar-refractivity contribution in [2.75, 3.05) is 6.54 Å². The van der Waals surface area contributed by atoms with Gasteiger partial charge in [0.25, 0.3) is 5.91 Å². The Kier molecular flexibility index (Phi) is 5.06. The lowest BCUT2D eigenvalue weighted by Gasteiger charge is -2.11. The van der Waals surface area contributed by atoms with E-state index in [9.17, 15) is 4.79 Å². The highest BCUT2D eigenvalue weighted by atomic mass is 16.1. The maximum Gasteiger partial charge on any atom is 0.256 e. The first-order chi connectivity index (χ1) is 13.7. The van der Waals surface area contributed by atoms with Crippen molar-refractivity contribution in [2.24, 2.45) is 0 Å². The molecule has 1 N–H and O–H groups in total. The smallest absolute Gasteiger partial charge is 0.256 e. The number of rotatable bonds is 6. The Hall–Kier alpha value is -3.60. The molecule has 0 radical (unpaired) electrons. The fraction of sp³-hybridized carbons (Fsp3) is 0.130. The van der Waals surface area contributed by atoms with E-state index in [-0.39, 0.29) is 5.91 Å². The first kappa shape index (κ1) is 17.8. The lowest BCUT2D eigenvalue weighted by molar-refractivity contribution is 0.0954. The molecule has 0 saturated carbocycles. The lowest BCUT2D eigenvalue weighted by atomic mass is 10.1. The average molecular weight is 370 g/mol. The Bertz CT molecular complexity index is 1050. The zero-order valence-electron chi connectivity index (χ0n) is 15.7. The van der Waals surface area contributed by atoms with Crippen molar-refractivity contribution in [1.29, 1.82) is 0 Å². The van der Waals surface area contributed by atoms with Crippen molar-refractivity contribution in [2.45, 2.75) is 13.3 Å². The summed E-state index contributed by atoms with van der Waals surface area (Å²) in [5.41, 5.74) is 3.84. The third-order valence-electron chi connectivity index (χ3n) is 4.66. The summed E-state index contributed by atoms with van der Waals surface area (Å²) in [4.78, 5) is 12.9. The summed E-state index contributed by atoms with van der Waals surface area (Å²) in [7, 11) is 0. The van der Waals surface area contributed by atoms with Crippen molar-refractivity contribution < 1.29 is 4.79 Å². The summed E-state index contributed by atoms with van der Waals surface area (Å²) in [6, 6.07) is 22.1. The SMILES string of the molecule is Cc1ccc(-n2ncc(C(=O)NCCc3ccccc3)c2-n2cccc2)cc1. The minimum Gasteiger partial charge on any atom is -0.352 e. The largest absolute Gasteiger partial charge is 0.352 e. The van der Waals surface area contributed by atoms with E-state index in [0.29, 0.717) is 12.1 Å². The van der Waals surface area contributed by atoms with Gasteiger partial charge in [0.15, 0.2) is 5.82 Å². The van der Waals surface area contributed by atoms with Gasteiger partial charge in [-0.3, -0.25) is 4.79 Å². The van der Waals surface area contributed by atoms with Gasteiger partial charge in [0.05, 0.1) is 11.9 Å². The van der Waals surface area contributed by atoms with Crippen LogP contribution in [0, 0.1) is 6.92 Å². The topological polar surface area (TPSA) is 51.9 Å². The molecule has 2 aromatic carbocycles. The number of carbonyl (C=O) groups is 1. The Morgan fingerprint density at radius 3 is 2.39 bits per heavy atom. The monoisotopic (exact) mass is 370 g/mol. The number of carbonyl (C=O) groups excluding carboxylic acids is 1. The molecule has 4 rings (SSSR count). The molecule has 1 amide bonds. The molecule has 0 fully saturated rings. The zero-order chi connectivity index (χ0) is 19.3. The first-order valence-electron chi connectivity index (χ1n) is 9.33. The molecule has 0 atom stereocenters. The molecular formula is C23H22N4O. The van der Waals surface area contributed by atoms with Crippen molar-refractivity contribution in [1.82, 2.24) is 19.7 Å². The molecule has 0 aliphatic heterocycles. The molecular weight excluding hydrogens is 348 g/mol. The number of hydrogen-bond donors (Lipinski definition) is 1. The van der Waals surface area contributed by atoms with Gasteiger partial charge in [-0.15, -0.1) is 0 Å². The zero-order valence-corrected chi connectivity index (χ0v) is 15.7. The highest BCUT2D eigenvalue weighted by Crippen LogP contribution is 2.20. The van der Waals surface area contributed by atoms with Gasteiger partial charge in [-0.1, -0.05) is 48.0 Å². The van der Waals surface area contributed by atoms with Crippen LogP contribution in [0.1, 0.15) is 21.5 Å². The van der Waals surface area contributed by atoms with Gasteiger partial charge < -0.3 is 9.88 Å². The maximum atomic E-state index is 12.9. The van der Waals surface area contributed by atoms with E-state index in [1.165, 1.54) is 11.1 Å². The van der Waals surface area contributed by atoms with Crippen LogP contribution in [0.2, 0.25) is 0 Å². The van der Waals surface area contributed by atoms with Crippen molar-refractivity contribution in [3.63, 3.8) is 0 Å². The van der Waals surface area contributed by atoms with Crippen LogP contribution in [0.3, 0.4) is 0 Å². The van der Waals surface area contributed by atoms with Crippen LogP contribution in [0.4, 0.5) is 0 Å². The molecule has 2 aromatic heterocycles. The van der Waals surface area contributed by atoms with E-state index in [4.69, 9.17) is 0 Å². The number of aryl methyl sites for hydroxylation is 1. The van der Waals surface area contributed by atoms with Crippen LogP contribution in [0.5, 0.6) is 0 Å². The first-order valence-corrected chi connectivity index (χ1v) is 9.33. The number of aromatic nitrogens is 3. The van der Waals surface area contributed by atoms with E-state index >= 15 is 0 Å². The van der Waals surface area contributed by atoms with E-state index < -0.39 is 0 Å². The predicted molar refractivity (Wildman–Crippen MR) is 110 cm³/mol. The normalized spacial score (nSPS) is 10.8. The third-order valence-corrected chi connectivity index (χ3v) is 4.66. The molecule has 0 saturated heterocycles. The lowest BCUT2D eigenvalue weighted by Crippen LogP contribution is -2.26. The maximum absolute atomic E-state index is 12.9. The van der Waals surface area contributed by atoms with Gasteiger partial charge in [0, 0.05) is 18.9 Å². The van der Waals surface area contributed by atoms with Crippen LogP contribution in [-0.2, 0) is 6.42 Å². The Labute approximate surface area is 164 Å². The molecule has 5 nitrogen and oxygen atoms in total. The van der Waals surface area contributed by atoms with Crippen molar-refractivity contribution >= 4 is 5.91 Å². The fourth-order valence-electron chi connectivity index (χ4n) is 3.16. The summed E-state index contributed by atoms with van der Waals surface area (Å²) >= 11 is 0. The summed E-state index contributed by atoms with van der Waals surface area (Å²) in [5.74, 6) is 0.601. The van der Waals surface area contributed by atoms with Crippen molar-refractivity contribution in [3.05, 3.63) is 102 Å². The quantitative estimate of drug-likeness (QED) is 0.559. The Morgan fingerprint density at radius 1 is 0.964 bits per heavy atom. The fourth-order valence-corrected chi connectivity index (χ4v) is 3.16. The number of nitrogens with zero attached hydrogens (tertiary/aromatic N) is 3. The second-order valence-corrected chi connectivity index (χ2v) is 6.71. The van der Waals surface area contributed by atoms with Crippen molar-refractivity contribution in [3.8, 4) is 11.5 Å². The highest BCUT2D eigenvalue weighted by molar-refractivity contribution is 5.97. The van der Waals surface area contributed by atoms with E-state index in [1.807, 2.05) is 78.5 Å². The minimum absolute atomic E-state index is 0.127. The summed E-state index contributed by atoms with van der Waals surface area (Å²) in [6.45, 7) is 2.62. The van der Waals surface area contributed by atoms with Gasteiger partial charge in [-0.05, 0) is 43.2 Å². The summed E-state index contributed by atoms with van der Waals surface area (Å²) in [5, 5.41) is 7.51. The summed E-state index contributed by atoms with van der Waals surface area (Å²) < 4.78 is 3.71. The van der Waals surface area contributed by atoms with Gasteiger partial charge in [0.2, 0.25) is 0 Å². The molecule has 0 unspecified atom stereocenters. The molecule has 4 aromatic rings. The molecule has 5 heteroatoms. The van der Waals surface area contributed by atoms with Crippen LogP contribution in [0.25, 0.3) is 11.5 Å². The van der Waals surface area contributed by atoms with Crippen LogP contribution >= 0.6 is 0 Å². The highest BCUT2D eigenvalue weighted by Gasteiger charge is 2.19. The summed E-state index contributed by atoms with van der Waals surface area (Å²) in [6.07, 6.45) is 6.26. The molecule has 28 heavy (non-hydrogen) atoms. The average Bonchev–Trinajstić information content (AvgIpc) is 3.39. The van der Waals surface area contributed by atoms with Gasteiger partial charge in [-0.25, -0.2) is 4.68 Å². The van der Waals surface area contributed by atoms with Crippen LogP contribution in [0.15, 0.2) is 85.3 Å². The van der Waals surface area contributed by atoms with E-state index in [2.05, 4.69) is 22.5 Å². The molecule has 0 bridgehead atoms. The Balaban J connectivity index is 1.60. The number of nitrogens with one attached hydrogen (secondary N) is 1. The van der Waals surface area contributed by atoms with Crippen LogP contribution < -0.4 is 5.32 Å².